The number of hydrogen-bond acceptors (Lipinski definition) is 2. The highest BCUT2D eigenvalue weighted by molar-refractivity contribution is 6.31. The van der Waals surface area contributed by atoms with Gasteiger partial charge in [-0.2, -0.15) is 5.26 Å². The average molecular weight is 293 g/mol. The molecule has 0 bridgehead atoms. The first-order valence-electron chi connectivity index (χ1n) is 5.48. The monoisotopic (exact) mass is 292 g/mol. The highest BCUT2D eigenvalue weighted by Gasteiger charge is 2.15. The van der Waals surface area contributed by atoms with Crippen LogP contribution in [0.15, 0.2) is 36.4 Å². The third-order valence-electron chi connectivity index (χ3n) is 2.55. The first-order chi connectivity index (χ1) is 9.52. The second-order valence-electron chi connectivity index (χ2n) is 3.85. The molecule has 1 amide bonds. The third kappa shape index (κ3) is 2.76. The zero-order valence-corrected chi connectivity index (χ0v) is 10.7. The van der Waals surface area contributed by atoms with Gasteiger partial charge < -0.3 is 5.32 Å². The molecular formula is C14H7ClF2N2O. The lowest BCUT2D eigenvalue weighted by molar-refractivity contribution is 0.102. The van der Waals surface area contributed by atoms with Gasteiger partial charge in [0.15, 0.2) is 0 Å². The van der Waals surface area contributed by atoms with Gasteiger partial charge in [0.25, 0.3) is 5.91 Å². The lowest BCUT2D eigenvalue weighted by Crippen LogP contribution is -2.15. The van der Waals surface area contributed by atoms with Gasteiger partial charge in [0.05, 0.1) is 11.3 Å². The molecule has 0 aliphatic rings. The normalized spacial score (nSPS) is 9.90. The Hall–Kier alpha value is -2.45. The molecular weight excluding hydrogens is 286 g/mol. The fourth-order valence-electron chi connectivity index (χ4n) is 1.60. The van der Waals surface area contributed by atoms with Gasteiger partial charge in [0.2, 0.25) is 0 Å². The molecule has 0 radical (unpaired) electrons. The van der Waals surface area contributed by atoms with Crippen LogP contribution in [0.3, 0.4) is 0 Å². The van der Waals surface area contributed by atoms with Crippen molar-refractivity contribution in [1.29, 1.82) is 5.26 Å². The van der Waals surface area contributed by atoms with Crippen molar-refractivity contribution in [1.82, 2.24) is 0 Å². The number of benzene rings is 2. The van der Waals surface area contributed by atoms with E-state index in [0.717, 1.165) is 18.2 Å². The van der Waals surface area contributed by atoms with Crippen molar-refractivity contribution in [3.05, 3.63) is 64.2 Å². The molecule has 0 aromatic heterocycles. The smallest absolute Gasteiger partial charge is 0.258 e. The Morgan fingerprint density at radius 3 is 2.65 bits per heavy atom. The van der Waals surface area contributed by atoms with Crippen molar-refractivity contribution in [2.75, 3.05) is 5.32 Å². The summed E-state index contributed by atoms with van der Waals surface area (Å²) in [4.78, 5) is 11.9. The molecule has 3 nitrogen and oxygen atoms in total. The number of anilines is 1. The largest absolute Gasteiger partial charge is 0.321 e. The number of nitrogens with zero attached hydrogens (tertiary/aromatic N) is 1. The maximum Gasteiger partial charge on any atom is 0.258 e. The maximum atomic E-state index is 13.5. The van der Waals surface area contributed by atoms with Crippen LogP contribution in [0.1, 0.15) is 15.9 Å². The Balaban J connectivity index is 2.36. The van der Waals surface area contributed by atoms with Crippen LogP contribution in [-0.4, -0.2) is 5.91 Å². The molecule has 0 spiro atoms. The Morgan fingerprint density at radius 2 is 1.95 bits per heavy atom. The maximum absolute atomic E-state index is 13.5. The number of carbonyl (C=O) groups is 1. The van der Waals surface area contributed by atoms with E-state index in [1.165, 1.54) is 18.2 Å². The van der Waals surface area contributed by atoms with Crippen LogP contribution in [0.5, 0.6) is 0 Å². The number of carbonyl (C=O) groups excluding carboxylic acids is 1. The molecule has 0 atom stereocenters. The average Bonchev–Trinajstić information content (AvgIpc) is 2.41. The van der Waals surface area contributed by atoms with Gasteiger partial charge in [-0.1, -0.05) is 17.7 Å². The van der Waals surface area contributed by atoms with Gasteiger partial charge in [0, 0.05) is 5.02 Å². The molecule has 2 aromatic carbocycles. The van der Waals surface area contributed by atoms with Crippen LogP contribution in [0.4, 0.5) is 14.5 Å². The first-order valence-corrected chi connectivity index (χ1v) is 5.85. The summed E-state index contributed by atoms with van der Waals surface area (Å²) in [6.07, 6.45) is 0. The zero-order valence-electron chi connectivity index (χ0n) is 9.95. The van der Waals surface area contributed by atoms with Gasteiger partial charge in [-0.25, -0.2) is 8.78 Å². The van der Waals surface area contributed by atoms with Gasteiger partial charge in [-0.3, -0.25) is 4.79 Å². The summed E-state index contributed by atoms with van der Waals surface area (Å²) in [5, 5.41) is 11.3. The molecule has 2 rings (SSSR count). The molecule has 1 N–H and O–H groups in total. The van der Waals surface area contributed by atoms with Crippen molar-refractivity contribution in [2.24, 2.45) is 0 Å². The van der Waals surface area contributed by atoms with E-state index in [0.29, 0.717) is 0 Å². The van der Waals surface area contributed by atoms with E-state index in [1.54, 1.807) is 6.07 Å². The van der Waals surface area contributed by atoms with E-state index in [9.17, 15) is 13.6 Å². The van der Waals surface area contributed by atoms with E-state index in [4.69, 9.17) is 16.9 Å². The predicted octanol–water partition coefficient (Wildman–Crippen LogP) is 3.74. The van der Waals surface area contributed by atoms with Crippen LogP contribution >= 0.6 is 11.6 Å². The van der Waals surface area contributed by atoms with Crippen LogP contribution < -0.4 is 5.32 Å². The summed E-state index contributed by atoms with van der Waals surface area (Å²) in [5.74, 6) is -2.34. The Kier molecular flexibility index (Phi) is 3.97. The fraction of sp³-hybridized carbons (Fsp3) is 0. The van der Waals surface area contributed by atoms with Crippen molar-refractivity contribution < 1.29 is 13.6 Å². The molecule has 0 unspecified atom stereocenters. The molecule has 100 valence electrons. The summed E-state index contributed by atoms with van der Waals surface area (Å²) in [6, 6.07) is 8.91. The van der Waals surface area contributed by atoms with Crippen LogP contribution in [0, 0.1) is 23.0 Å². The molecule has 0 aliphatic carbocycles. The predicted molar refractivity (Wildman–Crippen MR) is 70.5 cm³/mol. The van der Waals surface area contributed by atoms with E-state index in [2.05, 4.69) is 5.32 Å². The molecule has 0 saturated carbocycles. The Bertz CT molecular complexity index is 726. The molecule has 0 aliphatic heterocycles. The molecule has 6 heteroatoms. The van der Waals surface area contributed by atoms with Gasteiger partial charge in [-0.05, 0) is 30.3 Å². The van der Waals surface area contributed by atoms with Crippen molar-refractivity contribution >= 4 is 23.2 Å². The number of nitriles is 1. The van der Waals surface area contributed by atoms with Crippen molar-refractivity contribution in [3.8, 4) is 6.07 Å². The number of halogens is 3. The minimum atomic E-state index is -0.813. The number of amides is 1. The zero-order chi connectivity index (χ0) is 14.7. The highest BCUT2D eigenvalue weighted by atomic mass is 35.5. The second kappa shape index (κ2) is 5.68. The summed E-state index contributed by atoms with van der Waals surface area (Å²) < 4.78 is 26.9. The summed E-state index contributed by atoms with van der Waals surface area (Å²) in [7, 11) is 0. The number of hydrogen-bond donors (Lipinski definition) is 1. The molecule has 2 aromatic rings. The third-order valence-corrected chi connectivity index (χ3v) is 2.78. The van der Waals surface area contributed by atoms with Crippen LogP contribution in [-0.2, 0) is 0 Å². The molecule has 0 fully saturated rings. The minimum Gasteiger partial charge on any atom is -0.321 e. The minimum absolute atomic E-state index is 0.0307. The van der Waals surface area contributed by atoms with E-state index in [-0.39, 0.29) is 21.8 Å². The van der Waals surface area contributed by atoms with Gasteiger partial charge in [0.1, 0.15) is 23.3 Å². The first kappa shape index (κ1) is 14.0. The van der Waals surface area contributed by atoms with Crippen LogP contribution in [0.2, 0.25) is 5.02 Å². The standard InChI is InChI=1S/C14H7ClF2N2O/c15-8-4-5-12(17)9(6-8)14(20)19-13-3-1-2-11(16)10(13)7-18/h1-6H,(H,19,20). The molecule has 0 heterocycles. The van der Waals surface area contributed by atoms with E-state index < -0.39 is 17.5 Å². The van der Waals surface area contributed by atoms with Gasteiger partial charge >= 0.3 is 0 Å². The Morgan fingerprint density at radius 1 is 1.20 bits per heavy atom. The fourth-order valence-corrected chi connectivity index (χ4v) is 1.78. The topological polar surface area (TPSA) is 52.9 Å². The van der Waals surface area contributed by atoms with Crippen molar-refractivity contribution in [2.45, 2.75) is 0 Å². The SMILES string of the molecule is N#Cc1c(F)cccc1NC(=O)c1cc(Cl)ccc1F. The summed E-state index contributed by atoms with van der Waals surface area (Å²) in [5.41, 5.74) is -0.634. The molecule has 0 saturated heterocycles. The second-order valence-corrected chi connectivity index (χ2v) is 4.29. The van der Waals surface area contributed by atoms with Gasteiger partial charge in [-0.15, -0.1) is 0 Å². The Labute approximate surface area is 118 Å². The van der Waals surface area contributed by atoms with E-state index in [1.807, 2.05) is 0 Å². The lowest BCUT2D eigenvalue weighted by atomic mass is 10.1. The lowest BCUT2D eigenvalue weighted by Gasteiger charge is -2.08. The summed E-state index contributed by atoms with van der Waals surface area (Å²) in [6.45, 7) is 0. The van der Waals surface area contributed by atoms with Crippen LogP contribution in [0.25, 0.3) is 0 Å². The van der Waals surface area contributed by atoms with Crippen molar-refractivity contribution in [3.63, 3.8) is 0 Å². The quantitative estimate of drug-likeness (QED) is 0.916. The summed E-state index contributed by atoms with van der Waals surface area (Å²) >= 11 is 5.69. The molecule has 20 heavy (non-hydrogen) atoms. The number of rotatable bonds is 2. The van der Waals surface area contributed by atoms with E-state index >= 15 is 0 Å². The highest BCUT2D eigenvalue weighted by Crippen LogP contribution is 2.20. The number of nitrogens with one attached hydrogen (secondary N) is 1.